The molecule has 1 aliphatic rings. The second kappa shape index (κ2) is 8.80. The topological polar surface area (TPSA) is 0 Å². The van der Waals surface area contributed by atoms with Gasteiger partial charge < -0.3 is 0 Å². The van der Waals surface area contributed by atoms with Gasteiger partial charge in [0.05, 0.1) is 0 Å². The molecule has 0 aromatic rings. The van der Waals surface area contributed by atoms with Crippen molar-refractivity contribution in [2.45, 2.75) is 51.4 Å². The Labute approximate surface area is 88.4 Å². The van der Waals surface area contributed by atoms with E-state index in [-0.39, 0.29) is 0 Å². The average molecular weight is 190 g/mol. The highest BCUT2D eigenvalue weighted by molar-refractivity contribution is 4.94. The van der Waals surface area contributed by atoms with Crippen LogP contribution in [0.25, 0.3) is 0 Å². The van der Waals surface area contributed by atoms with Crippen LogP contribution in [0.3, 0.4) is 0 Å². The fraction of sp³-hybridized carbons (Fsp3) is 0.571. The first-order valence-corrected chi connectivity index (χ1v) is 5.95. The second-order valence-corrected chi connectivity index (χ2v) is 3.87. The quantitative estimate of drug-likeness (QED) is 0.482. The molecule has 0 aromatic carbocycles. The van der Waals surface area contributed by atoms with Crippen LogP contribution < -0.4 is 0 Å². The Morgan fingerprint density at radius 2 is 0.929 bits per heavy atom. The third-order valence-electron chi connectivity index (χ3n) is 2.51. The average Bonchev–Trinajstić information content (AvgIpc) is 2.22. The van der Waals surface area contributed by atoms with Gasteiger partial charge in [-0.3, -0.25) is 0 Å². The molecular weight excluding hydrogens is 168 g/mol. The maximum absolute atomic E-state index is 2.34. The minimum Gasteiger partial charge on any atom is -0.0885 e. The molecule has 14 heavy (non-hydrogen) atoms. The molecule has 0 atom stereocenters. The van der Waals surface area contributed by atoms with E-state index in [0.29, 0.717) is 0 Å². The van der Waals surface area contributed by atoms with Crippen molar-refractivity contribution in [3.8, 4) is 0 Å². The van der Waals surface area contributed by atoms with E-state index in [1.807, 2.05) is 0 Å². The summed E-state index contributed by atoms with van der Waals surface area (Å²) in [5.74, 6) is 0. The third-order valence-corrected chi connectivity index (χ3v) is 2.51. The van der Waals surface area contributed by atoms with Crippen molar-refractivity contribution in [2.75, 3.05) is 0 Å². The summed E-state index contributed by atoms with van der Waals surface area (Å²) in [6.07, 6.45) is 24.0. The maximum Gasteiger partial charge on any atom is -0.0169 e. The molecule has 0 heterocycles. The molecule has 0 amide bonds. The summed E-state index contributed by atoms with van der Waals surface area (Å²) < 4.78 is 0. The van der Waals surface area contributed by atoms with Crippen LogP contribution in [0.4, 0.5) is 0 Å². The third kappa shape index (κ3) is 6.71. The van der Waals surface area contributed by atoms with Crippen molar-refractivity contribution >= 4 is 0 Å². The Balaban J connectivity index is 2.25. The molecule has 0 radical (unpaired) electrons. The van der Waals surface area contributed by atoms with Gasteiger partial charge in [0.15, 0.2) is 0 Å². The van der Waals surface area contributed by atoms with Gasteiger partial charge in [-0.1, -0.05) is 42.9 Å². The fourth-order valence-corrected chi connectivity index (χ4v) is 1.64. The van der Waals surface area contributed by atoms with E-state index in [2.05, 4.69) is 36.5 Å². The summed E-state index contributed by atoms with van der Waals surface area (Å²) >= 11 is 0. The number of rotatable bonds is 0. The number of allylic oxidation sites excluding steroid dienone is 6. The zero-order chi connectivity index (χ0) is 9.90. The zero-order valence-electron chi connectivity index (χ0n) is 9.12. The summed E-state index contributed by atoms with van der Waals surface area (Å²) in [5, 5.41) is 0. The first kappa shape index (κ1) is 11.3. The van der Waals surface area contributed by atoms with E-state index >= 15 is 0 Å². The van der Waals surface area contributed by atoms with Gasteiger partial charge in [-0.2, -0.15) is 0 Å². The van der Waals surface area contributed by atoms with Crippen LogP contribution in [0.2, 0.25) is 0 Å². The normalized spacial score (nSPS) is 25.1. The van der Waals surface area contributed by atoms with Crippen molar-refractivity contribution in [2.24, 2.45) is 0 Å². The fourth-order valence-electron chi connectivity index (χ4n) is 1.64. The van der Waals surface area contributed by atoms with Gasteiger partial charge in [-0.25, -0.2) is 0 Å². The van der Waals surface area contributed by atoms with Crippen LogP contribution >= 0.6 is 0 Å². The lowest BCUT2D eigenvalue weighted by atomic mass is 10.1. The lowest BCUT2D eigenvalue weighted by Gasteiger charge is -1.96. The lowest BCUT2D eigenvalue weighted by Crippen LogP contribution is -1.76. The van der Waals surface area contributed by atoms with Gasteiger partial charge in [0.25, 0.3) is 0 Å². The SMILES string of the molecule is C1=CCC/C=C/CCCCC/C=C/C1. The molecular formula is C14H22. The molecule has 0 aromatic heterocycles. The van der Waals surface area contributed by atoms with Crippen molar-refractivity contribution in [1.82, 2.24) is 0 Å². The van der Waals surface area contributed by atoms with Crippen molar-refractivity contribution in [3.05, 3.63) is 36.5 Å². The highest BCUT2D eigenvalue weighted by Gasteiger charge is 1.86. The Morgan fingerprint density at radius 3 is 1.64 bits per heavy atom. The number of hydrogen-bond acceptors (Lipinski definition) is 0. The molecule has 0 aliphatic heterocycles. The molecule has 0 saturated heterocycles. The van der Waals surface area contributed by atoms with Gasteiger partial charge in [0.2, 0.25) is 0 Å². The summed E-state index contributed by atoms with van der Waals surface area (Å²) in [7, 11) is 0. The predicted molar refractivity (Wildman–Crippen MR) is 64.4 cm³/mol. The summed E-state index contributed by atoms with van der Waals surface area (Å²) in [4.78, 5) is 0. The molecule has 1 rings (SSSR count). The van der Waals surface area contributed by atoms with Crippen LogP contribution in [0.1, 0.15) is 51.4 Å². The number of hydrogen-bond donors (Lipinski definition) is 0. The van der Waals surface area contributed by atoms with E-state index in [0.717, 1.165) is 6.42 Å². The predicted octanol–water partition coefficient (Wildman–Crippen LogP) is 4.79. The van der Waals surface area contributed by atoms with Crippen molar-refractivity contribution < 1.29 is 0 Å². The largest absolute Gasteiger partial charge is 0.0885 e. The molecule has 1 aliphatic carbocycles. The van der Waals surface area contributed by atoms with Crippen molar-refractivity contribution in [3.63, 3.8) is 0 Å². The Morgan fingerprint density at radius 1 is 0.429 bits per heavy atom. The van der Waals surface area contributed by atoms with E-state index < -0.39 is 0 Å². The van der Waals surface area contributed by atoms with Gasteiger partial charge in [0, 0.05) is 0 Å². The summed E-state index contributed by atoms with van der Waals surface area (Å²) in [6, 6.07) is 0. The van der Waals surface area contributed by atoms with Gasteiger partial charge in [-0.15, -0.1) is 0 Å². The minimum atomic E-state index is 1.11. The first-order chi connectivity index (χ1) is 7.00. The van der Waals surface area contributed by atoms with Crippen LogP contribution in [-0.2, 0) is 0 Å². The maximum atomic E-state index is 2.34. The van der Waals surface area contributed by atoms with E-state index in [4.69, 9.17) is 0 Å². The Kier molecular flexibility index (Phi) is 7.10. The molecule has 0 unspecified atom stereocenters. The molecule has 78 valence electrons. The molecule has 0 nitrogen and oxygen atoms in total. The van der Waals surface area contributed by atoms with E-state index in [9.17, 15) is 0 Å². The van der Waals surface area contributed by atoms with E-state index in [1.165, 1.54) is 44.9 Å². The standard InChI is InChI=1S/C14H22/c1-2-4-6-8-10-12-14-13-11-9-7-5-3-1/h1-2,5,7-8,10H,3-4,6,9,11-14H2/b2-1?,7-5+,10-8+. The van der Waals surface area contributed by atoms with Crippen LogP contribution in [0, 0.1) is 0 Å². The molecule has 0 saturated carbocycles. The highest BCUT2D eigenvalue weighted by atomic mass is 13.9. The summed E-state index contributed by atoms with van der Waals surface area (Å²) in [5.41, 5.74) is 0. The lowest BCUT2D eigenvalue weighted by molar-refractivity contribution is 0.694. The monoisotopic (exact) mass is 190 g/mol. The molecule has 0 heteroatoms. The zero-order valence-corrected chi connectivity index (χ0v) is 9.12. The van der Waals surface area contributed by atoms with Gasteiger partial charge in [-0.05, 0) is 44.9 Å². The molecule has 0 bridgehead atoms. The summed E-state index contributed by atoms with van der Waals surface area (Å²) in [6.45, 7) is 0. The van der Waals surface area contributed by atoms with Crippen molar-refractivity contribution in [1.29, 1.82) is 0 Å². The first-order valence-electron chi connectivity index (χ1n) is 5.95. The molecule has 0 spiro atoms. The van der Waals surface area contributed by atoms with Crippen LogP contribution in [0.15, 0.2) is 36.5 Å². The molecule has 0 N–H and O–H groups in total. The van der Waals surface area contributed by atoms with Gasteiger partial charge in [0.1, 0.15) is 0 Å². The molecule has 0 fully saturated rings. The van der Waals surface area contributed by atoms with Crippen LogP contribution in [-0.4, -0.2) is 0 Å². The Hall–Kier alpha value is -0.780. The second-order valence-electron chi connectivity index (χ2n) is 3.87. The van der Waals surface area contributed by atoms with Crippen LogP contribution in [0.5, 0.6) is 0 Å². The van der Waals surface area contributed by atoms with E-state index in [1.54, 1.807) is 0 Å². The van der Waals surface area contributed by atoms with Gasteiger partial charge >= 0.3 is 0 Å². The highest BCUT2D eigenvalue weighted by Crippen LogP contribution is 2.06. The smallest absolute Gasteiger partial charge is 0.0169 e. The Bertz CT molecular complexity index is 196. The minimum absolute atomic E-state index is 1.11.